The molecule has 1 atom stereocenters. The number of H-pyrrole nitrogens is 1. The number of hydrogen-bond donors (Lipinski definition) is 1. The zero-order chi connectivity index (χ0) is 17.8. The van der Waals surface area contributed by atoms with Gasteiger partial charge in [0.1, 0.15) is 5.75 Å². The third kappa shape index (κ3) is 4.03. The fourth-order valence-electron chi connectivity index (χ4n) is 4.24. The number of aromatic nitrogens is 2. The Labute approximate surface area is 155 Å². The van der Waals surface area contributed by atoms with Crippen molar-refractivity contribution in [1.82, 2.24) is 20.0 Å². The Balaban J connectivity index is 1.43. The van der Waals surface area contributed by atoms with Crippen LogP contribution in [0.1, 0.15) is 31.4 Å². The van der Waals surface area contributed by atoms with Crippen LogP contribution in [0.5, 0.6) is 5.75 Å². The molecule has 1 N–H and O–H groups in total. The molecule has 0 amide bonds. The number of methoxy groups -OCH3 is 1. The summed E-state index contributed by atoms with van der Waals surface area (Å²) < 4.78 is 10.9. The van der Waals surface area contributed by atoms with E-state index in [4.69, 9.17) is 9.47 Å². The van der Waals surface area contributed by atoms with Crippen LogP contribution in [-0.4, -0.2) is 72.5 Å². The molecule has 0 saturated carbocycles. The highest BCUT2D eigenvalue weighted by Crippen LogP contribution is 2.26. The van der Waals surface area contributed by atoms with Crippen molar-refractivity contribution in [1.29, 1.82) is 0 Å². The average molecular weight is 358 g/mol. The van der Waals surface area contributed by atoms with Gasteiger partial charge in [0.25, 0.3) is 0 Å². The first kappa shape index (κ1) is 17.8. The van der Waals surface area contributed by atoms with Crippen LogP contribution < -0.4 is 4.74 Å². The molecule has 0 aliphatic carbocycles. The molecule has 3 heterocycles. The summed E-state index contributed by atoms with van der Waals surface area (Å²) in [6.45, 7) is 7.24. The van der Waals surface area contributed by atoms with Gasteiger partial charge in [-0.05, 0) is 50.6 Å². The summed E-state index contributed by atoms with van der Waals surface area (Å²) in [5.41, 5.74) is 2.22. The van der Waals surface area contributed by atoms with Crippen LogP contribution in [0.15, 0.2) is 18.2 Å². The summed E-state index contributed by atoms with van der Waals surface area (Å²) in [7, 11) is 1.72. The zero-order valence-electron chi connectivity index (χ0n) is 15.7. The van der Waals surface area contributed by atoms with Gasteiger partial charge in [-0.3, -0.25) is 14.9 Å². The second-order valence-electron chi connectivity index (χ2n) is 7.45. The molecule has 6 heteroatoms. The van der Waals surface area contributed by atoms with Crippen LogP contribution in [0.2, 0.25) is 0 Å². The molecule has 2 saturated heterocycles. The molecule has 142 valence electrons. The summed E-state index contributed by atoms with van der Waals surface area (Å²) in [5.74, 6) is 0.891. The van der Waals surface area contributed by atoms with Gasteiger partial charge >= 0.3 is 0 Å². The largest absolute Gasteiger partial charge is 0.497 e. The number of nitrogens with one attached hydrogen (secondary N) is 1. The van der Waals surface area contributed by atoms with Gasteiger partial charge in [-0.25, -0.2) is 0 Å². The number of ether oxygens (including phenoxy) is 2. The minimum absolute atomic E-state index is 0.663. The van der Waals surface area contributed by atoms with Gasteiger partial charge in [0.15, 0.2) is 0 Å². The summed E-state index contributed by atoms with van der Waals surface area (Å²) in [4.78, 5) is 5.20. The quantitative estimate of drug-likeness (QED) is 0.860. The van der Waals surface area contributed by atoms with Gasteiger partial charge in [0, 0.05) is 31.1 Å². The van der Waals surface area contributed by atoms with Crippen molar-refractivity contribution in [3.63, 3.8) is 0 Å². The van der Waals surface area contributed by atoms with Gasteiger partial charge in [0.05, 0.1) is 31.5 Å². The Morgan fingerprint density at radius 1 is 1.23 bits per heavy atom. The van der Waals surface area contributed by atoms with Gasteiger partial charge in [-0.1, -0.05) is 6.42 Å². The first-order chi connectivity index (χ1) is 12.8. The SMILES string of the molecule is COc1ccc2n[nH]c(CN3CCCC[C@@H]3CCN3CCOCC3)c2c1. The van der Waals surface area contributed by atoms with Crippen molar-refractivity contribution < 1.29 is 9.47 Å². The summed E-state index contributed by atoms with van der Waals surface area (Å²) >= 11 is 0. The lowest BCUT2D eigenvalue weighted by molar-refractivity contribution is 0.0301. The molecule has 2 fully saturated rings. The van der Waals surface area contributed by atoms with Gasteiger partial charge in [-0.15, -0.1) is 0 Å². The third-order valence-electron chi connectivity index (χ3n) is 5.83. The molecule has 6 nitrogen and oxygen atoms in total. The molecule has 0 spiro atoms. The van der Waals surface area contributed by atoms with Crippen LogP contribution in [0.4, 0.5) is 0 Å². The number of piperidine rings is 1. The van der Waals surface area contributed by atoms with Crippen molar-refractivity contribution in [2.75, 3.05) is 46.5 Å². The average Bonchev–Trinajstić information content (AvgIpc) is 3.10. The topological polar surface area (TPSA) is 53.6 Å². The predicted octanol–water partition coefficient (Wildman–Crippen LogP) is 2.65. The number of aromatic amines is 1. The molecule has 26 heavy (non-hydrogen) atoms. The van der Waals surface area contributed by atoms with E-state index >= 15 is 0 Å². The highest BCUT2D eigenvalue weighted by molar-refractivity contribution is 5.82. The maximum atomic E-state index is 5.47. The summed E-state index contributed by atoms with van der Waals surface area (Å²) in [6, 6.07) is 6.76. The zero-order valence-corrected chi connectivity index (χ0v) is 15.7. The molecule has 4 rings (SSSR count). The Morgan fingerprint density at radius 2 is 2.12 bits per heavy atom. The van der Waals surface area contributed by atoms with E-state index in [1.807, 2.05) is 12.1 Å². The van der Waals surface area contributed by atoms with Crippen molar-refractivity contribution in [3.05, 3.63) is 23.9 Å². The molecule has 1 aromatic heterocycles. The molecule has 2 aliphatic rings. The Hall–Kier alpha value is -1.63. The number of rotatable bonds is 6. The smallest absolute Gasteiger partial charge is 0.119 e. The van der Waals surface area contributed by atoms with Crippen LogP contribution in [-0.2, 0) is 11.3 Å². The lowest BCUT2D eigenvalue weighted by Crippen LogP contribution is -2.43. The van der Waals surface area contributed by atoms with Crippen LogP contribution in [0, 0.1) is 0 Å². The molecule has 1 aromatic carbocycles. The number of nitrogens with zero attached hydrogens (tertiary/aromatic N) is 3. The number of fused-ring (bicyclic) bond motifs is 1. The second kappa shape index (κ2) is 8.37. The van der Waals surface area contributed by atoms with E-state index in [1.54, 1.807) is 7.11 Å². The lowest BCUT2D eigenvalue weighted by atomic mass is 9.98. The molecule has 2 aromatic rings. The maximum absolute atomic E-state index is 5.47. The van der Waals surface area contributed by atoms with Gasteiger partial charge in [0.2, 0.25) is 0 Å². The van der Waals surface area contributed by atoms with Crippen LogP contribution in [0.25, 0.3) is 10.9 Å². The maximum Gasteiger partial charge on any atom is 0.119 e. The highest BCUT2D eigenvalue weighted by Gasteiger charge is 2.24. The number of likely N-dealkylation sites (tertiary alicyclic amines) is 1. The third-order valence-corrected chi connectivity index (χ3v) is 5.83. The monoisotopic (exact) mass is 358 g/mol. The molecule has 2 aliphatic heterocycles. The van der Waals surface area contributed by atoms with E-state index in [2.05, 4.69) is 26.1 Å². The molecular formula is C20H30N4O2. The van der Waals surface area contributed by atoms with Crippen LogP contribution in [0.3, 0.4) is 0 Å². The normalized spacial score (nSPS) is 22.7. The van der Waals surface area contributed by atoms with E-state index < -0.39 is 0 Å². The standard InChI is InChI=1S/C20H30N4O2/c1-25-17-5-6-19-18(14-17)20(22-21-19)15-24-8-3-2-4-16(24)7-9-23-10-12-26-13-11-23/h5-6,14,16H,2-4,7-13,15H2,1H3,(H,21,22)/t16-/m1/s1. The lowest BCUT2D eigenvalue weighted by Gasteiger charge is -2.37. The van der Waals surface area contributed by atoms with Gasteiger partial charge in [-0.2, -0.15) is 5.10 Å². The molecule has 0 bridgehead atoms. The Kier molecular flexibility index (Phi) is 5.72. The summed E-state index contributed by atoms with van der Waals surface area (Å²) in [5, 5.41) is 8.92. The molecular weight excluding hydrogens is 328 g/mol. The number of morpholine rings is 1. The van der Waals surface area contributed by atoms with Crippen molar-refractivity contribution in [2.24, 2.45) is 0 Å². The van der Waals surface area contributed by atoms with E-state index in [1.165, 1.54) is 49.9 Å². The molecule has 0 radical (unpaired) electrons. The molecule has 0 unspecified atom stereocenters. The number of benzene rings is 1. The van der Waals surface area contributed by atoms with Crippen molar-refractivity contribution in [2.45, 2.75) is 38.3 Å². The first-order valence-electron chi connectivity index (χ1n) is 9.88. The minimum Gasteiger partial charge on any atom is -0.497 e. The Bertz CT molecular complexity index is 711. The second-order valence-corrected chi connectivity index (χ2v) is 7.45. The highest BCUT2D eigenvalue weighted by atomic mass is 16.5. The minimum atomic E-state index is 0.663. The van der Waals surface area contributed by atoms with Crippen LogP contribution >= 0.6 is 0 Å². The Morgan fingerprint density at radius 3 is 2.96 bits per heavy atom. The van der Waals surface area contributed by atoms with E-state index in [-0.39, 0.29) is 0 Å². The fraction of sp³-hybridized carbons (Fsp3) is 0.650. The van der Waals surface area contributed by atoms with Crippen molar-refractivity contribution in [3.8, 4) is 5.75 Å². The van der Waals surface area contributed by atoms with E-state index in [0.29, 0.717) is 6.04 Å². The number of hydrogen-bond acceptors (Lipinski definition) is 5. The van der Waals surface area contributed by atoms with Crippen molar-refractivity contribution >= 4 is 10.9 Å². The van der Waals surface area contributed by atoms with Gasteiger partial charge < -0.3 is 9.47 Å². The summed E-state index contributed by atoms with van der Waals surface area (Å²) in [6.07, 6.45) is 5.19. The fourth-order valence-corrected chi connectivity index (χ4v) is 4.24. The van der Waals surface area contributed by atoms with E-state index in [0.717, 1.165) is 44.1 Å². The van der Waals surface area contributed by atoms with E-state index in [9.17, 15) is 0 Å². The predicted molar refractivity (Wildman–Crippen MR) is 103 cm³/mol. The first-order valence-corrected chi connectivity index (χ1v) is 9.88.